The first-order valence-electron chi connectivity index (χ1n) is 8.96. The Hall–Kier alpha value is 0.224. The first-order chi connectivity index (χ1) is 9.89. The zero-order valence-electron chi connectivity index (χ0n) is 14.3. The summed E-state index contributed by atoms with van der Waals surface area (Å²) in [7, 11) is -6.62. The van der Waals surface area contributed by atoms with Gasteiger partial charge in [0, 0.05) is 0 Å². The maximum Gasteiger partial charge on any atom is 0.425 e. The Morgan fingerprint density at radius 2 is 0.857 bits per heavy atom. The molecule has 0 spiro atoms. The average molecular weight is 341 g/mol. The van der Waals surface area contributed by atoms with Gasteiger partial charge in [-0.3, -0.25) is 8.22 Å². The van der Waals surface area contributed by atoms with E-state index in [4.69, 9.17) is 0 Å². The van der Waals surface area contributed by atoms with Crippen LogP contribution in [0.25, 0.3) is 0 Å². The summed E-state index contributed by atoms with van der Waals surface area (Å²) in [6.45, 7) is 6.14. The number of rotatable bonds is 14. The highest BCUT2D eigenvalue weighted by molar-refractivity contribution is 6.73. The Labute approximate surface area is 132 Å². The fraction of sp³-hybridized carbons (Fsp3) is 1.00. The lowest BCUT2D eigenvalue weighted by Gasteiger charge is -2.22. The molecular formula is C16H35F3Si2. The Balaban J connectivity index is 4.06. The molecular weight excluding hydrogens is 305 g/mol. The number of hydrogen-bond acceptors (Lipinski definition) is 0. The highest BCUT2D eigenvalue weighted by atomic mass is 28.4. The predicted molar refractivity (Wildman–Crippen MR) is 92.8 cm³/mol. The van der Waals surface area contributed by atoms with Crippen molar-refractivity contribution in [3.8, 4) is 0 Å². The van der Waals surface area contributed by atoms with E-state index in [9.17, 15) is 12.3 Å². The van der Waals surface area contributed by atoms with E-state index in [0.29, 0.717) is 25.3 Å². The van der Waals surface area contributed by atoms with Crippen molar-refractivity contribution in [3.05, 3.63) is 0 Å². The highest BCUT2D eigenvalue weighted by Crippen LogP contribution is 2.31. The normalized spacial score (nSPS) is 12.9. The smallest absolute Gasteiger partial charge is 0.314 e. The van der Waals surface area contributed by atoms with E-state index in [1.807, 2.05) is 6.92 Å². The summed E-state index contributed by atoms with van der Waals surface area (Å²) in [5, 5.41) is 0. The molecule has 0 saturated carbocycles. The van der Waals surface area contributed by atoms with Crippen molar-refractivity contribution in [3.63, 3.8) is 0 Å². The Morgan fingerprint density at radius 3 is 1.33 bits per heavy atom. The topological polar surface area (TPSA) is 0 Å². The van der Waals surface area contributed by atoms with Crippen LogP contribution in [-0.2, 0) is 0 Å². The summed E-state index contributed by atoms with van der Waals surface area (Å²) < 4.78 is 42.3. The van der Waals surface area contributed by atoms with Crippen molar-refractivity contribution in [2.45, 2.75) is 102 Å². The lowest BCUT2D eigenvalue weighted by Crippen LogP contribution is -2.28. The minimum atomic E-state index is -3.98. The van der Waals surface area contributed by atoms with E-state index in [1.165, 1.54) is 0 Å². The zero-order chi connectivity index (χ0) is 16.2. The van der Waals surface area contributed by atoms with Crippen LogP contribution in [0.5, 0.6) is 0 Å². The van der Waals surface area contributed by atoms with Crippen molar-refractivity contribution in [2.24, 2.45) is 0 Å². The number of hydrogen-bond donors (Lipinski definition) is 0. The molecule has 0 aliphatic carbocycles. The molecule has 21 heavy (non-hydrogen) atoms. The summed E-state index contributed by atoms with van der Waals surface area (Å²) in [4.78, 5) is 0. The molecule has 0 aliphatic rings. The van der Waals surface area contributed by atoms with E-state index in [1.54, 1.807) is 0 Å². The lowest BCUT2D eigenvalue weighted by molar-refractivity contribution is 0.563. The summed E-state index contributed by atoms with van der Waals surface area (Å²) in [6.07, 6.45) is 6.72. The molecule has 0 aromatic rings. The van der Waals surface area contributed by atoms with Crippen molar-refractivity contribution in [2.75, 3.05) is 0 Å². The second-order valence-corrected chi connectivity index (χ2v) is 13.0. The molecule has 0 aromatic heterocycles. The van der Waals surface area contributed by atoms with Crippen LogP contribution < -0.4 is 0 Å². The van der Waals surface area contributed by atoms with Gasteiger partial charge in [0.2, 0.25) is 8.41 Å². The fourth-order valence-electron chi connectivity index (χ4n) is 2.75. The zero-order valence-corrected chi connectivity index (χ0v) is 16.3. The van der Waals surface area contributed by atoms with E-state index < -0.39 is 17.1 Å². The first kappa shape index (κ1) is 21.2. The molecule has 0 unspecified atom stereocenters. The minimum absolute atomic E-state index is 0.0824. The molecule has 0 aromatic carbocycles. The molecule has 0 fully saturated rings. The third kappa shape index (κ3) is 11.4. The molecule has 128 valence electrons. The number of unbranched alkanes of at least 4 members (excludes halogenated alkanes) is 4. The van der Waals surface area contributed by atoms with Gasteiger partial charge in [-0.15, -0.1) is 0 Å². The van der Waals surface area contributed by atoms with Crippen LogP contribution in [0.15, 0.2) is 0 Å². The van der Waals surface area contributed by atoms with Crippen LogP contribution in [-0.4, -0.2) is 17.1 Å². The van der Waals surface area contributed by atoms with Gasteiger partial charge in [-0.05, 0) is 30.2 Å². The van der Waals surface area contributed by atoms with Crippen molar-refractivity contribution in [1.82, 2.24) is 0 Å². The molecule has 0 N–H and O–H groups in total. The molecule has 0 radical (unpaired) electrons. The first-order valence-corrected chi connectivity index (χ1v) is 13.6. The maximum atomic E-state index is 15.0. The summed E-state index contributed by atoms with van der Waals surface area (Å²) >= 11 is 0. The largest absolute Gasteiger partial charge is 0.425 e. The van der Waals surface area contributed by atoms with Crippen LogP contribution in [0.3, 0.4) is 0 Å². The summed E-state index contributed by atoms with van der Waals surface area (Å²) in [5.74, 6) is 0. The standard InChI is InChI=1S/C16H35F3Si2/c1-4-7-12-20(17,13-8-5-2)14-10-11-16-21(18,19)15-9-6-3/h4-16H2,1-3H3. The van der Waals surface area contributed by atoms with Gasteiger partial charge in [0.25, 0.3) is 0 Å². The van der Waals surface area contributed by atoms with Gasteiger partial charge in [-0.2, -0.15) is 0 Å². The average Bonchev–Trinajstić information content (AvgIpc) is 2.46. The fourth-order valence-corrected chi connectivity index (χ4v) is 8.24. The second kappa shape index (κ2) is 11.7. The molecule has 0 aliphatic heterocycles. The molecule has 0 atom stereocenters. The lowest BCUT2D eigenvalue weighted by atomic mass is 10.4. The van der Waals surface area contributed by atoms with E-state index in [-0.39, 0.29) is 12.1 Å². The van der Waals surface area contributed by atoms with Gasteiger partial charge in [0.05, 0.1) is 0 Å². The third-order valence-electron chi connectivity index (χ3n) is 4.27. The van der Waals surface area contributed by atoms with Crippen molar-refractivity contribution in [1.29, 1.82) is 0 Å². The molecule has 0 bridgehead atoms. The second-order valence-electron chi connectivity index (χ2n) is 6.52. The maximum absolute atomic E-state index is 15.0. The Morgan fingerprint density at radius 1 is 0.524 bits per heavy atom. The van der Waals surface area contributed by atoms with Gasteiger partial charge in [0.15, 0.2) is 0 Å². The van der Waals surface area contributed by atoms with Crippen LogP contribution in [0.4, 0.5) is 12.3 Å². The Bertz CT molecular complexity index is 240. The van der Waals surface area contributed by atoms with E-state index in [2.05, 4.69) is 13.8 Å². The number of halogens is 3. The SMILES string of the molecule is CCCC[Si](F)(F)CCCC[Si](F)(CCCC)CCCC. The third-order valence-corrected chi connectivity index (χ3v) is 10.2. The minimum Gasteiger partial charge on any atom is -0.314 e. The van der Waals surface area contributed by atoms with Gasteiger partial charge in [0.1, 0.15) is 0 Å². The molecule has 0 rings (SSSR count). The van der Waals surface area contributed by atoms with Crippen LogP contribution in [0, 0.1) is 0 Å². The van der Waals surface area contributed by atoms with Gasteiger partial charge in [-0.25, -0.2) is 0 Å². The summed E-state index contributed by atoms with van der Waals surface area (Å²) in [5.41, 5.74) is 0. The quantitative estimate of drug-likeness (QED) is 0.175. The van der Waals surface area contributed by atoms with Gasteiger partial charge >= 0.3 is 8.74 Å². The van der Waals surface area contributed by atoms with Gasteiger partial charge in [-0.1, -0.05) is 72.1 Å². The summed E-state index contributed by atoms with van der Waals surface area (Å²) in [6, 6.07) is 2.32. The molecule has 0 nitrogen and oxygen atoms in total. The molecule has 5 heteroatoms. The van der Waals surface area contributed by atoms with E-state index >= 15 is 0 Å². The van der Waals surface area contributed by atoms with Crippen LogP contribution in [0.2, 0.25) is 30.2 Å². The van der Waals surface area contributed by atoms with E-state index in [0.717, 1.165) is 44.2 Å². The highest BCUT2D eigenvalue weighted by Gasteiger charge is 2.35. The van der Waals surface area contributed by atoms with Crippen LogP contribution in [0.1, 0.15) is 72.1 Å². The molecule has 0 saturated heterocycles. The van der Waals surface area contributed by atoms with Gasteiger partial charge < -0.3 is 4.11 Å². The predicted octanol–water partition coefficient (Wildman–Crippen LogP) is 7.46. The monoisotopic (exact) mass is 340 g/mol. The van der Waals surface area contributed by atoms with Crippen molar-refractivity contribution >= 4 is 17.1 Å². The molecule has 0 heterocycles. The Kier molecular flexibility index (Phi) is 11.9. The van der Waals surface area contributed by atoms with Crippen molar-refractivity contribution < 1.29 is 12.3 Å². The van der Waals surface area contributed by atoms with Crippen LogP contribution >= 0.6 is 0 Å². The molecule has 0 amide bonds.